The number of H-pyrrole nitrogens is 1. The van der Waals surface area contributed by atoms with Crippen LogP contribution in [0.15, 0.2) is 36.5 Å². The van der Waals surface area contributed by atoms with Crippen LogP contribution in [0.3, 0.4) is 0 Å². The van der Waals surface area contributed by atoms with E-state index in [1.807, 2.05) is 4.90 Å². The van der Waals surface area contributed by atoms with Gasteiger partial charge in [0.05, 0.1) is 23.5 Å². The van der Waals surface area contributed by atoms with Gasteiger partial charge in [-0.15, -0.1) is 0 Å². The standard InChI is InChI=1S/C18H15F2N5O/c19-11-1-2-12(13(20)8-11)18-23-14-4-6-25(9-15(14)24-18)16-7-10(17(21)26)3-5-22-16/h1-3,5,7-8H,4,6,9H2,(H2,21,26)(H,23,24). The number of imidazole rings is 1. The fourth-order valence-electron chi connectivity index (χ4n) is 3.04. The Kier molecular flexibility index (Phi) is 3.87. The second-order valence-electron chi connectivity index (χ2n) is 6.07. The van der Waals surface area contributed by atoms with Gasteiger partial charge in [0.1, 0.15) is 23.3 Å². The highest BCUT2D eigenvalue weighted by Gasteiger charge is 2.23. The number of hydrogen-bond donors (Lipinski definition) is 2. The average Bonchev–Trinajstić information content (AvgIpc) is 3.04. The number of aromatic nitrogens is 3. The lowest BCUT2D eigenvalue weighted by molar-refractivity contribution is 0.1000. The fraction of sp³-hybridized carbons (Fsp3) is 0.167. The lowest BCUT2D eigenvalue weighted by atomic mass is 10.1. The first kappa shape index (κ1) is 16.2. The van der Waals surface area contributed by atoms with Crippen molar-refractivity contribution >= 4 is 11.7 Å². The van der Waals surface area contributed by atoms with Gasteiger partial charge in [-0.05, 0) is 24.3 Å². The van der Waals surface area contributed by atoms with Crippen LogP contribution in [0.25, 0.3) is 11.4 Å². The summed E-state index contributed by atoms with van der Waals surface area (Å²) in [6.07, 6.45) is 2.17. The van der Waals surface area contributed by atoms with E-state index in [1.165, 1.54) is 18.3 Å². The summed E-state index contributed by atoms with van der Waals surface area (Å²) in [7, 11) is 0. The Hall–Kier alpha value is -3.29. The minimum absolute atomic E-state index is 0.223. The smallest absolute Gasteiger partial charge is 0.248 e. The molecule has 0 unspecified atom stereocenters. The molecule has 0 spiro atoms. The van der Waals surface area contributed by atoms with E-state index in [2.05, 4.69) is 15.0 Å². The van der Waals surface area contributed by atoms with Crippen molar-refractivity contribution in [2.45, 2.75) is 13.0 Å². The van der Waals surface area contributed by atoms with E-state index in [0.29, 0.717) is 36.7 Å². The number of nitrogens with two attached hydrogens (primary N) is 1. The number of aromatic amines is 1. The van der Waals surface area contributed by atoms with E-state index in [1.54, 1.807) is 12.1 Å². The van der Waals surface area contributed by atoms with Crippen LogP contribution < -0.4 is 10.6 Å². The van der Waals surface area contributed by atoms with Crippen LogP contribution in [0.4, 0.5) is 14.6 Å². The van der Waals surface area contributed by atoms with Crippen LogP contribution in [0.1, 0.15) is 21.7 Å². The monoisotopic (exact) mass is 355 g/mol. The summed E-state index contributed by atoms with van der Waals surface area (Å²) in [5.74, 6) is -0.802. The first-order valence-electron chi connectivity index (χ1n) is 8.05. The van der Waals surface area contributed by atoms with E-state index in [-0.39, 0.29) is 5.56 Å². The van der Waals surface area contributed by atoms with E-state index in [0.717, 1.165) is 17.5 Å². The quantitative estimate of drug-likeness (QED) is 0.755. The maximum absolute atomic E-state index is 14.0. The number of anilines is 1. The lowest BCUT2D eigenvalue weighted by Crippen LogP contribution is -2.31. The molecule has 0 fully saturated rings. The molecule has 0 radical (unpaired) electrons. The summed E-state index contributed by atoms with van der Waals surface area (Å²) in [6, 6.07) is 6.61. The van der Waals surface area contributed by atoms with Gasteiger partial charge in [-0.3, -0.25) is 4.79 Å². The van der Waals surface area contributed by atoms with Crippen LogP contribution in [0, 0.1) is 11.6 Å². The van der Waals surface area contributed by atoms with Gasteiger partial charge in [-0.1, -0.05) is 0 Å². The van der Waals surface area contributed by atoms with Crippen molar-refractivity contribution in [1.29, 1.82) is 0 Å². The number of benzene rings is 1. The number of carbonyl (C=O) groups is 1. The van der Waals surface area contributed by atoms with Gasteiger partial charge in [0.25, 0.3) is 0 Å². The maximum Gasteiger partial charge on any atom is 0.248 e. The SMILES string of the molecule is NC(=O)c1ccnc(N2CCc3nc(-c4ccc(F)cc4F)[nH]c3C2)c1. The number of nitrogens with one attached hydrogen (secondary N) is 1. The summed E-state index contributed by atoms with van der Waals surface area (Å²) < 4.78 is 27.1. The van der Waals surface area contributed by atoms with Crippen molar-refractivity contribution < 1.29 is 13.6 Å². The summed E-state index contributed by atoms with van der Waals surface area (Å²) in [6.45, 7) is 1.14. The minimum Gasteiger partial charge on any atom is -0.366 e. The van der Waals surface area contributed by atoms with Crippen molar-refractivity contribution in [3.8, 4) is 11.4 Å². The van der Waals surface area contributed by atoms with Crippen molar-refractivity contribution in [3.05, 3.63) is 65.1 Å². The van der Waals surface area contributed by atoms with Crippen LogP contribution in [0.2, 0.25) is 0 Å². The number of halogens is 2. The highest BCUT2D eigenvalue weighted by Crippen LogP contribution is 2.27. The van der Waals surface area contributed by atoms with Crippen molar-refractivity contribution in [1.82, 2.24) is 15.0 Å². The Labute approximate surface area is 147 Å². The predicted octanol–water partition coefficient (Wildman–Crippen LogP) is 2.41. The zero-order chi connectivity index (χ0) is 18.3. The highest BCUT2D eigenvalue weighted by atomic mass is 19.1. The summed E-state index contributed by atoms with van der Waals surface area (Å²) in [5.41, 5.74) is 7.60. The number of hydrogen-bond acceptors (Lipinski definition) is 4. The van der Waals surface area contributed by atoms with Crippen molar-refractivity contribution in [2.75, 3.05) is 11.4 Å². The third kappa shape index (κ3) is 2.90. The topological polar surface area (TPSA) is 87.9 Å². The molecule has 2 aromatic heterocycles. The maximum atomic E-state index is 14.0. The van der Waals surface area contributed by atoms with Gasteiger partial charge in [-0.25, -0.2) is 18.7 Å². The lowest BCUT2D eigenvalue weighted by Gasteiger charge is -2.27. The van der Waals surface area contributed by atoms with E-state index < -0.39 is 17.5 Å². The average molecular weight is 355 g/mol. The van der Waals surface area contributed by atoms with Gasteiger partial charge < -0.3 is 15.6 Å². The molecule has 6 nitrogen and oxygen atoms in total. The van der Waals surface area contributed by atoms with Crippen molar-refractivity contribution in [2.24, 2.45) is 5.73 Å². The van der Waals surface area contributed by atoms with Crippen LogP contribution >= 0.6 is 0 Å². The number of primary amides is 1. The molecule has 8 heteroatoms. The van der Waals surface area contributed by atoms with E-state index in [9.17, 15) is 13.6 Å². The number of amides is 1. The molecule has 3 heterocycles. The number of fused-ring (bicyclic) bond motifs is 1. The first-order chi connectivity index (χ1) is 12.5. The molecule has 3 N–H and O–H groups in total. The van der Waals surface area contributed by atoms with Crippen LogP contribution in [-0.2, 0) is 13.0 Å². The number of pyridine rings is 1. The Bertz CT molecular complexity index is 1000. The normalized spacial score (nSPS) is 13.5. The molecule has 1 amide bonds. The van der Waals surface area contributed by atoms with Gasteiger partial charge in [0.2, 0.25) is 5.91 Å². The first-order valence-corrected chi connectivity index (χ1v) is 8.05. The number of carbonyl (C=O) groups excluding carboxylic acids is 1. The second-order valence-corrected chi connectivity index (χ2v) is 6.07. The Morgan fingerprint density at radius 2 is 2.08 bits per heavy atom. The molecule has 0 bridgehead atoms. The van der Waals surface area contributed by atoms with Crippen LogP contribution in [0.5, 0.6) is 0 Å². The van der Waals surface area contributed by atoms with Crippen molar-refractivity contribution in [3.63, 3.8) is 0 Å². The molecule has 1 aliphatic heterocycles. The highest BCUT2D eigenvalue weighted by molar-refractivity contribution is 5.93. The number of rotatable bonds is 3. The van der Waals surface area contributed by atoms with Gasteiger partial charge in [-0.2, -0.15) is 0 Å². The Morgan fingerprint density at radius 1 is 1.23 bits per heavy atom. The third-order valence-corrected chi connectivity index (χ3v) is 4.37. The molecule has 26 heavy (non-hydrogen) atoms. The predicted molar refractivity (Wildman–Crippen MR) is 91.4 cm³/mol. The molecule has 4 rings (SSSR count). The molecule has 1 aliphatic rings. The second kappa shape index (κ2) is 6.21. The molecule has 3 aromatic rings. The molecule has 132 valence electrons. The summed E-state index contributed by atoms with van der Waals surface area (Å²) in [4.78, 5) is 25.2. The molecule has 0 saturated heterocycles. The summed E-state index contributed by atoms with van der Waals surface area (Å²) >= 11 is 0. The van der Waals surface area contributed by atoms with Gasteiger partial charge in [0, 0.05) is 30.8 Å². The minimum atomic E-state index is -0.663. The van der Waals surface area contributed by atoms with Crippen LogP contribution in [-0.4, -0.2) is 27.4 Å². The van der Waals surface area contributed by atoms with E-state index in [4.69, 9.17) is 5.73 Å². The molecule has 0 atom stereocenters. The number of nitrogens with zero attached hydrogens (tertiary/aromatic N) is 3. The molecular formula is C18H15F2N5O. The fourth-order valence-corrected chi connectivity index (χ4v) is 3.04. The van der Waals surface area contributed by atoms with E-state index >= 15 is 0 Å². The molecular weight excluding hydrogens is 340 g/mol. The zero-order valence-corrected chi connectivity index (χ0v) is 13.7. The Morgan fingerprint density at radius 3 is 2.85 bits per heavy atom. The Balaban J connectivity index is 1.63. The zero-order valence-electron chi connectivity index (χ0n) is 13.7. The largest absolute Gasteiger partial charge is 0.366 e. The molecule has 1 aromatic carbocycles. The molecule has 0 aliphatic carbocycles. The summed E-state index contributed by atoms with van der Waals surface area (Å²) in [5, 5.41) is 0. The molecule has 0 saturated carbocycles. The van der Waals surface area contributed by atoms with Gasteiger partial charge >= 0.3 is 0 Å². The van der Waals surface area contributed by atoms with Gasteiger partial charge in [0.15, 0.2) is 0 Å². The third-order valence-electron chi connectivity index (χ3n) is 4.37.